The van der Waals surface area contributed by atoms with Crippen LogP contribution < -0.4 is 14.8 Å². The summed E-state index contributed by atoms with van der Waals surface area (Å²) in [5.74, 6) is 4.16. The molecule has 0 bridgehead atoms. The first-order valence-electron chi connectivity index (χ1n) is 7.80. The number of terminal acetylenes is 1. The van der Waals surface area contributed by atoms with E-state index in [9.17, 15) is 4.79 Å². The Morgan fingerprint density at radius 3 is 2.92 bits per heavy atom. The highest BCUT2D eigenvalue weighted by molar-refractivity contribution is 8.01. The van der Waals surface area contributed by atoms with Crippen LogP contribution in [0.4, 0.5) is 5.82 Å². The molecule has 25 heavy (non-hydrogen) atoms. The van der Waals surface area contributed by atoms with Crippen LogP contribution in [0.3, 0.4) is 0 Å². The molecule has 1 aliphatic heterocycles. The summed E-state index contributed by atoms with van der Waals surface area (Å²) >= 11 is 1.57. The molecular weight excluding hydrogens is 338 g/mol. The molecule has 0 fully saturated rings. The van der Waals surface area contributed by atoms with Crippen molar-refractivity contribution in [2.45, 2.75) is 24.3 Å². The fourth-order valence-corrected chi connectivity index (χ4v) is 4.06. The number of benzene rings is 1. The molecule has 130 valence electrons. The van der Waals surface area contributed by atoms with Gasteiger partial charge >= 0.3 is 0 Å². The van der Waals surface area contributed by atoms with Crippen LogP contribution in [0, 0.1) is 19.3 Å². The molecule has 0 unspecified atom stereocenters. The molecule has 1 aliphatic rings. The van der Waals surface area contributed by atoms with Crippen LogP contribution in [-0.2, 0) is 4.79 Å². The van der Waals surface area contributed by atoms with E-state index in [0.717, 1.165) is 16.8 Å². The highest BCUT2D eigenvalue weighted by Crippen LogP contribution is 2.46. The molecule has 0 spiro atoms. The number of anilines is 1. The van der Waals surface area contributed by atoms with Crippen molar-refractivity contribution in [1.82, 2.24) is 10.2 Å². The number of carbonyl (C=O) groups excluding carboxylic acids is 1. The van der Waals surface area contributed by atoms with Crippen molar-refractivity contribution < 1.29 is 14.3 Å². The standard InChI is InChI=1S/C18H19N3O3S/c1-5-8-24-13-7-6-12(9-14(13)23-4)16-15-10(2)20-21-17(15)19-18(22)11(3)25-16/h1,6-7,9,11,16H,8H2,2-4H3,(H2,19,20,21,22)/t11-,16+/m1/s1. The van der Waals surface area contributed by atoms with E-state index in [4.69, 9.17) is 15.9 Å². The van der Waals surface area contributed by atoms with Crippen molar-refractivity contribution in [2.24, 2.45) is 0 Å². The molecule has 1 aromatic carbocycles. The smallest absolute Gasteiger partial charge is 0.238 e. The molecule has 1 amide bonds. The van der Waals surface area contributed by atoms with E-state index in [2.05, 4.69) is 21.4 Å². The van der Waals surface area contributed by atoms with Crippen molar-refractivity contribution in [3.05, 3.63) is 35.0 Å². The number of ether oxygens (including phenoxy) is 2. The van der Waals surface area contributed by atoms with Gasteiger partial charge in [-0.1, -0.05) is 12.0 Å². The summed E-state index contributed by atoms with van der Waals surface area (Å²) in [6, 6.07) is 5.72. The van der Waals surface area contributed by atoms with Crippen molar-refractivity contribution in [3.63, 3.8) is 0 Å². The average Bonchev–Trinajstić information content (AvgIpc) is 2.91. The maximum atomic E-state index is 12.2. The lowest BCUT2D eigenvalue weighted by Gasteiger charge is -2.19. The largest absolute Gasteiger partial charge is 0.493 e. The summed E-state index contributed by atoms with van der Waals surface area (Å²) in [6.45, 7) is 4.01. The Morgan fingerprint density at radius 1 is 1.40 bits per heavy atom. The third-order valence-corrected chi connectivity index (χ3v) is 5.41. The fraction of sp³-hybridized carbons (Fsp3) is 0.333. The van der Waals surface area contributed by atoms with E-state index in [1.807, 2.05) is 32.0 Å². The molecule has 7 heteroatoms. The second-order valence-electron chi connectivity index (χ2n) is 5.66. The van der Waals surface area contributed by atoms with Gasteiger partial charge in [-0.2, -0.15) is 5.10 Å². The molecule has 3 rings (SSSR count). The summed E-state index contributed by atoms with van der Waals surface area (Å²) in [6.07, 6.45) is 5.25. The minimum absolute atomic E-state index is 0.0545. The molecule has 2 N–H and O–H groups in total. The molecule has 1 aromatic heterocycles. The zero-order chi connectivity index (χ0) is 18.0. The molecule has 0 radical (unpaired) electrons. The van der Waals surface area contributed by atoms with Gasteiger partial charge in [0.1, 0.15) is 6.61 Å². The molecule has 2 atom stereocenters. The number of rotatable bonds is 4. The van der Waals surface area contributed by atoms with Gasteiger partial charge in [0.2, 0.25) is 5.91 Å². The summed E-state index contributed by atoms with van der Waals surface area (Å²) in [5, 5.41) is 9.80. The first-order chi connectivity index (χ1) is 12.0. The van der Waals surface area contributed by atoms with Gasteiger partial charge in [0.25, 0.3) is 0 Å². The Hall–Kier alpha value is -2.59. The van der Waals surface area contributed by atoms with Crippen LogP contribution in [-0.4, -0.2) is 35.1 Å². The summed E-state index contributed by atoms with van der Waals surface area (Å²) in [7, 11) is 1.59. The second-order valence-corrected chi connectivity index (χ2v) is 7.11. The molecule has 2 heterocycles. The zero-order valence-corrected chi connectivity index (χ0v) is 15.1. The lowest BCUT2D eigenvalue weighted by Crippen LogP contribution is -2.21. The summed E-state index contributed by atoms with van der Waals surface area (Å²) < 4.78 is 11.0. The van der Waals surface area contributed by atoms with Crippen molar-refractivity contribution in [2.75, 3.05) is 19.0 Å². The van der Waals surface area contributed by atoms with Gasteiger partial charge in [0.05, 0.1) is 17.6 Å². The number of thioether (sulfide) groups is 1. The van der Waals surface area contributed by atoms with Crippen molar-refractivity contribution >= 4 is 23.5 Å². The third-order valence-electron chi connectivity index (χ3n) is 4.01. The highest BCUT2D eigenvalue weighted by Gasteiger charge is 2.32. The van der Waals surface area contributed by atoms with Gasteiger partial charge in [-0.3, -0.25) is 9.89 Å². The molecular formula is C18H19N3O3S. The van der Waals surface area contributed by atoms with Crippen molar-refractivity contribution in [1.29, 1.82) is 0 Å². The van der Waals surface area contributed by atoms with Gasteiger partial charge in [-0.05, 0) is 31.5 Å². The number of aryl methyl sites for hydroxylation is 1. The maximum absolute atomic E-state index is 12.2. The van der Waals surface area contributed by atoms with Crippen LogP contribution in [0.2, 0.25) is 0 Å². The minimum atomic E-state index is -0.207. The van der Waals surface area contributed by atoms with E-state index < -0.39 is 0 Å². The van der Waals surface area contributed by atoms with Gasteiger partial charge in [0.15, 0.2) is 17.3 Å². The monoisotopic (exact) mass is 357 g/mol. The van der Waals surface area contributed by atoms with E-state index in [0.29, 0.717) is 17.3 Å². The quantitative estimate of drug-likeness (QED) is 0.823. The Morgan fingerprint density at radius 2 is 2.20 bits per heavy atom. The zero-order valence-electron chi connectivity index (χ0n) is 14.3. The van der Waals surface area contributed by atoms with Gasteiger partial charge < -0.3 is 14.8 Å². The number of aromatic nitrogens is 2. The number of hydrogen-bond donors (Lipinski definition) is 2. The van der Waals surface area contributed by atoms with Crippen LogP contribution in [0.25, 0.3) is 0 Å². The first kappa shape index (κ1) is 17.2. The van der Waals surface area contributed by atoms with Crippen LogP contribution >= 0.6 is 11.8 Å². The lowest BCUT2D eigenvalue weighted by atomic mass is 10.0. The average molecular weight is 357 g/mol. The Labute approximate surface area is 150 Å². The third kappa shape index (κ3) is 3.30. The Kier molecular flexibility index (Phi) is 4.91. The van der Waals surface area contributed by atoms with Crippen LogP contribution in [0.5, 0.6) is 11.5 Å². The van der Waals surface area contributed by atoms with Gasteiger partial charge in [-0.15, -0.1) is 18.2 Å². The number of fused-ring (bicyclic) bond motifs is 1. The topological polar surface area (TPSA) is 76.2 Å². The molecule has 6 nitrogen and oxygen atoms in total. The number of methoxy groups -OCH3 is 1. The SMILES string of the molecule is C#CCOc1ccc([C@@H]2S[C@H](C)C(=O)Nc3n[nH]c(C)c32)cc1OC. The second kappa shape index (κ2) is 7.11. The van der Waals surface area contributed by atoms with E-state index in [1.54, 1.807) is 18.9 Å². The maximum Gasteiger partial charge on any atom is 0.238 e. The highest BCUT2D eigenvalue weighted by atomic mass is 32.2. The Bertz CT molecular complexity index is 841. The number of amides is 1. The van der Waals surface area contributed by atoms with Crippen LogP contribution in [0.1, 0.15) is 29.0 Å². The van der Waals surface area contributed by atoms with E-state index in [-0.39, 0.29) is 23.0 Å². The summed E-state index contributed by atoms with van der Waals surface area (Å²) in [4.78, 5) is 12.2. The first-order valence-corrected chi connectivity index (χ1v) is 8.74. The van der Waals surface area contributed by atoms with E-state index in [1.165, 1.54) is 0 Å². The summed E-state index contributed by atoms with van der Waals surface area (Å²) in [5.41, 5.74) is 2.90. The van der Waals surface area contributed by atoms with Gasteiger partial charge in [-0.25, -0.2) is 0 Å². The predicted molar refractivity (Wildman–Crippen MR) is 98.2 cm³/mol. The number of nitrogens with one attached hydrogen (secondary N) is 2. The Balaban J connectivity index is 2.04. The normalized spacial score (nSPS) is 19.4. The number of carbonyl (C=O) groups is 1. The molecule has 0 saturated carbocycles. The van der Waals surface area contributed by atoms with Crippen LogP contribution in [0.15, 0.2) is 18.2 Å². The number of nitrogens with zero attached hydrogens (tertiary/aromatic N) is 1. The molecule has 0 aliphatic carbocycles. The van der Waals surface area contributed by atoms with Gasteiger partial charge in [0, 0.05) is 11.3 Å². The number of aromatic amines is 1. The molecule has 0 saturated heterocycles. The van der Waals surface area contributed by atoms with E-state index >= 15 is 0 Å². The number of hydrogen-bond acceptors (Lipinski definition) is 5. The minimum Gasteiger partial charge on any atom is -0.493 e. The number of H-pyrrole nitrogens is 1. The fourth-order valence-electron chi connectivity index (χ4n) is 2.74. The predicted octanol–water partition coefficient (Wildman–Crippen LogP) is 2.90. The molecule has 2 aromatic rings. The lowest BCUT2D eigenvalue weighted by molar-refractivity contribution is -0.115. The van der Waals surface area contributed by atoms with Crippen molar-refractivity contribution in [3.8, 4) is 23.8 Å².